The smallest absolute Gasteiger partial charge is 0.337 e. The minimum atomic E-state index is -1.03. The van der Waals surface area contributed by atoms with E-state index in [0.29, 0.717) is 24.7 Å². The Hall–Kier alpha value is -2.84. The second-order valence-corrected chi connectivity index (χ2v) is 7.54. The zero-order valence-corrected chi connectivity index (χ0v) is 17.4. The molecule has 150 valence electrons. The molecule has 2 heterocycles. The van der Waals surface area contributed by atoms with Crippen molar-refractivity contribution in [2.45, 2.75) is 0 Å². The van der Waals surface area contributed by atoms with Gasteiger partial charge in [0.25, 0.3) is 0 Å². The van der Waals surface area contributed by atoms with Crippen molar-refractivity contribution in [2.24, 2.45) is 0 Å². The Morgan fingerprint density at radius 3 is 2.76 bits per heavy atom. The highest BCUT2D eigenvalue weighted by atomic mass is 79.9. The number of aromatic carboxylic acids is 1. The molecule has 29 heavy (non-hydrogen) atoms. The van der Waals surface area contributed by atoms with E-state index in [9.17, 15) is 9.90 Å². The van der Waals surface area contributed by atoms with E-state index in [1.165, 1.54) is 13.2 Å². The highest BCUT2D eigenvalue weighted by Crippen LogP contribution is 2.38. The number of carboxylic acids is 1. The van der Waals surface area contributed by atoms with Gasteiger partial charge in [-0.15, -0.1) is 0 Å². The van der Waals surface area contributed by atoms with E-state index in [1.807, 2.05) is 24.4 Å². The minimum absolute atomic E-state index is 0.136. The lowest BCUT2D eigenvalue weighted by molar-refractivity contribution is 0.0697. The Labute approximate surface area is 176 Å². The van der Waals surface area contributed by atoms with Gasteiger partial charge in [0, 0.05) is 22.9 Å². The average Bonchev–Trinajstić information content (AvgIpc) is 2.74. The van der Waals surface area contributed by atoms with Gasteiger partial charge in [0.1, 0.15) is 5.75 Å². The van der Waals surface area contributed by atoms with Crippen LogP contribution in [0.25, 0.3) is 10.9 Å². The molecule has 8 heteroatoms. The summed E-state index contributed by atoms with van der Waals surface area (Å²) in [7, 11) is 1.51. The quantitative estimate of drug-likeness (QED) is 0.591. The number of morpholine rings is 1. The summed E-state index contributed by atoms with van der Waals surface area (Å²) in [4.78, 5) is 18.6. The molecule has 4 rings (SSSR count). The first-order chi connectivity index (χ1) is 14.1. The molecule has 0 saturated carbocycles. The van der Waals surface area contributed by atoms with Gasteiger partial charge in [-0.25, -0.2) is 4.79 Å². The molecule has 1 aromatic heterocycles. The lowest BCUT2D eigenvalue weighted by Crippen LogP contribution is -2.36. The number of fused-ring (bicyclic) bond motifs is 1. The molecule has 3 aromatic rings. The Balaban J connectivity index is 1.87. The first kappa shape index (κ1) is 19.5. The van der Waals surface area contributed by atoms with E-state index in [1.54, 1.807) is 12.1 Å². The van der Waals surface area contributed by atoms with E-state index in [2.05, 4.69) is 31.1 Å². The second-order valence-electron chi connectivity index (χ2n) is 6.62. The molecule has 1 aliphatic heterocycles. The van der Waals surface area contributed by atoms with Gasteiger partial charge in [-0.3, -0.25) is 4.98 Å². The molecule has 0 unspecified atom stereocenters. The number of carboxylic acid groups (broad SMARTS) is 1. The number of hydrogen-bond donors (Lipinski definition) is 2. The molecule has 2 aromatic carbocycles. The van der Waals surface area contributed by atoms with E-state index < -0.39 is 5.97 Å². The number of methoxy groups -OCH3 is 1. The third kappa shape index (κ3) is 3.99. The van der Waals surface area contributed by atoms with Crippen LogP contribution in [0.5, 0.6) is 5.75 Å². The van der Waals surface area contributed by atoms with Gasteiger partial charge in [-0.2, -0.15) is 0 Å². The number of nitrogens with zero attached hydrogens (tertiary/aromatic N) is 2. The molecule has 1 aliphatic rings. The van der Waals surface area contributed by atoms with Gasteiger partial charge >= 0.3 is 5.97 Å². The summed E-state index contributed by atoms with van der Waals surface area (Å²) in [6, 6.07) is 10.8. The summed E-state index contributed by atoms with van der Waals surface area (Å²) < 4.78 is 11.6. The Kier molecular flexibility index (Phi) is 5.55. The molecule has 1 fully saturated rings. The van der Waals surface area contributed by atoms with Gasteiger partial charge in [-0.05, 0) is 36.4 Å². The normalized spacial score (nSPS) is 14.1. The van der Waals surface area contributed by atoms with Crippen LogP contribution in [0, 0.1) is 0 Å². The van der Waals surface area contributed by atoms with Crippen LogP contribution >= 0.6 is 15.9 Å². The molecule has 0 amide bonds. The Bertz CT molecular complexity index is 1070. The Morgan fingerprint density at radius 1 is 1.24 bits per heavy atom. The zero-order chi connectivity index (χ0) is 20.4. The number of nitrogens with one attached hydrogen (secondary N) is 1. The predicted octanol–water partition coefficient (Wildman–Crippen LogP) is 4.28. The van der Waals surface area contributed by atoms with Crippen LogP contribution in [0.4, 0.5) is 17.1 Å². The predicted molar refractivity (Wildman–Crippen MR) is 116 cm³/mol. The summed E-state index contributed by atoms with van der Waals surface area (Å²) in [5.74, 6) is -0.539. The fraction of sp³-hybridized carbons (Fsp3) is 0.238. The zero-order valence-electron chi connectivity index (χ0n) is 15.8. The fourth-order valence-electron chi connectivity index (χ4n) is 3.40. The highest BCUT2D eigenvalue weighted by molar-refractivity contribution is 9.10. The number of anilines is 3. The molecule has 0 bridgehead atoms. The summed E-state index contributed by atoms with van der Waals surface area (Å²) in [6.45, 7) is 2.76. The summed E-state index contributed by atoms with van der Waals surface area (Å²) >= 11 is 3.53. The second kappa shape index (κ2) is 8.26. The largest absolute Gasteiger partial charge is 0.497 e. The lowest BCUT2D eigenvalue weighted by Gasteiger charge is -2.31. The standard InChI is InChI=1S/C21H20BrN3O4/c1-28-14-3-5-18(16(11-14)21(26)27)24-20-15-10-13(22)2-4-17(15)23-12-19(20)25-6-8-29-9-7-25/h2-5,10-12H,6-9H2,1H3,(H,23,24)(H,26,27). The van der Waals surface area contributed by atoms with Crippen molar-refractivity contribution in [2.75, 3.05) is 43.6 Å². The third-order valence-electron chi connectivity index (χ3n) is 4.88. The van der Waals surface area contributed by atoms with Gasteiger partial charge in [0.05, 0.1) is 54.7 Å². The molecule has 0 spiro atoms. The molecule has 7 nitrogen and oxygen atoms in total. The van der Waals surface area contributed by atoms with Gasteiger partial charge < -0.3 is 24.8 Å². The summed E-state index contributed by atoms with van der Waals surface area (Å²) in [5, 5.41) is 14.0. The van der Waals surface area contributed by atoms with Crippen molar-refractivity contribution < 1.29 is 19.4 Å². The number of carbonyl (C=O) groups is 1. The number of ether oxygens (including phenoxy) is 2. The van der Waals surface area contributed by atoms with E-state index in [0.717, 1.165) is 39.8 Å². The number of aromatic nitrogens is 1. The van der Waals surface area contributed by atoms with Crippen molar-refractivity contribution >= 4 is 49.9 Å². The van der Waals surface area contributed by atoms with E-state index >= 15 is 0 Å². The maximum Gasteiger partial charge on any atom is 0.337 e. The molecule has 0 radical (unpaired) electrons. The molecular weight excluding hydrogens is 438 g/mol. The molecule has 0 atom stereocenters. The fourth-order valence-corrected chi connectivity index (χ4v) is 3.76. The molecule has 2 N–H and O–H groups in total. The third-order valence-corrected chi connectivity index (χ3v) is 5.37. The van der Waals surface area contributed by atoms with Gasteiger partial charge in [0.2, 0.25) is 0 Å². The lowest BCUT2D eigenvalue weighted by atomic mass is 10.1. The van der Waals surface area contributed by atoms with Crippen molar-refractivity contribution in [3.05, 3.63) is 52.6 Å². The Morgan fingerprint density at radius 2 is 2.03 bits per heavy atom. The molecule has 1 saturated heterocycles. The topological polar surface area (TPSA) is 83.9 Å². The SMILES string of the molecule is COc1ccc(Nc2c(N3CCOCC3)cnc3ccc(Br)cc23)c(C(=O)O)c1. The van der Waals surface area contributed by atoms with Gasteiger partial charge in [0.15, 0.2) is 0 Å². The van der Waals surface area contributed by atoms with Crippen LogP contribution in [0.3, 0.4) is 0 Å². The minimum Gasteiger partial charge on any atom is -0.497 e. The summed E-state index contributed by atoms with van der Waals surface area (Å²) in [6.07, 6.45) is 1.83. The highest BCUT2D eigenvalue weighted by Gasteiger charge is 2.20. The number of halogens is 1. The monoisotopic (exact) mass is 457 g/mol. The van der Waals surface area contributed by atoms with Crippen LogP contribution in [-0.2, 0) is 4.74 Å². The number of pyridine rings is 1. The van der Waals surface area contributed by atoms with Crippen molar-refractivity contribution in [3.63, 3.8) is 0 Å². The van der Waals surface area contributed by atoms with Crippen molar-refractivity contribution in [3.8, 4) is 5.75 Å². The first-order valence-electron chi connectivity index (χ1n) is 9.16. The van der Waals surface area contributed by atoms with Crippen LogP contribution in [0.15, 0.2) is 47.1 Å². The maximum atomic E-state index is 11.8. The van der Waals surface area contributed by atoms with Crippen LogP contribution in [0.2, 0.25) is 0 Å². The maximum absolute atomic E-state index is 11.8. The van der Waals surface area contributed by atoms with Crippen LogP contribution in [0.1, 0.15) is 10.4 Å². The number of rotatable bonds is 5. The van der Waals surface area contributed by atoms with Gasteiger partial charge in [-0.1, -0.05) is 15.9 Å². The van der Waals surface area contributed by atoms with E-state index in [4.69, 9.17) is 9.47 Å². The van der Waals surface area contributed by atoms with Crippen LogP contribution < -0.4 is 15.0 Å². The number of benzene rings is 2. The molecular formula is C21H20BrN3O4. The summed E-state index contributed by atoms with van der Waals surface area (Å²) in [5.41, 5.74) is 3.16. The van der Waals surface area contributed by atoms with E-state index in [-0.39, 0.29) is 5.56 Å². The van der Waals surface area contributed by atoms with Crippen LogP contribution in [-0.4, -0.2) is 49.5 Å². The first-order valence-corrected chi connectivity index (χ1v) is 9.95. The van der Waals surface area contributed by atoms with Crippen molar-refractivity contribution in [1.82, 2.24) is 4.98 Å². The molecule has 0 aliphatic carbocycles. The number of hydrogen-bond acceptors (Lipinski definition) is 6. The van der Waals surface area contributed by atoms with Crippen molar-refractivity contribution in [1.29, 1.82) is 0 Å². The average molecular weight is 458 g/mol.